The Kier molecular flexibility index (Phi) is 4.25. The van der Waals surface area contributed by atoms with Gasteiger partial charge in [0.05, 0.1) is 11.3 Å². The van der Waals surface area contributed by atoms with Crippen LogP contribution in [0.3, 0.4) is 0 Å². The second-order valence-corrected chi connectivity index (χ2v) is 5.47. The Bertz CT molecular complexity index is 439. The molecule has 0 amide bonds. The first kappa shape index (κ1) is 13.0. The van der Waals surface area contributed by atoms with E-state index in [-0.39, 0.29) is 0 Å². The molecule has 1 fully saturated rings. The number of benzene rings is 1. The van der Waals surface area contributed by atoms with E-state index >= 15 is 0 Å². The van der Waals surface area contributed by atoms with Crippen LogP contribution in [0.5, 0.6) is 0 Å². The molecular formula is C16H22N2. The molecule has 1 aliphatic rings. The second-order valence-electron chi connectivity index (χ2n) is 5.47. The van der Waals surface area contributed by atoms with E-state index < -0.39 is 0 Å². The SMILES string of the molecule is Cc1cccc(C#N)c1N(C)CC1CCCCC1. The van der Waals surface area contributed by atoms with E-state index in [9.17, 15) is 5.26 Å². The van der Waals surface area contributed by atoms with Crippen LogP contribution in [-0.2, 0) is 0 Å². The Morgan fingerprint density at radius 3 is 2.67 bits per heavy atom. The average Bonchev–Trinajstić information content (AvgIpc) is 2.39. The molecule has 0 spiro atoms. The van der Waals surface area contributed by atoms with Crippen LogP contribution in [0.2, 0.25) is 0 Å². The molecule has 2 rings (SSSR count). The summed E-state index contributed by atoms with van der Waals surface area (Å²) in [6.45, 7) is 3.17. The molecule has 0 unspecified atom stereocenters. The fraction of sp³-hybridized carbons (Fsp3) is 0.562. The molecule has 0 radical (unpaired) electrons. The first-order valence-electron chi connectivity index (χ1n) is 6.93. The standard InChI is InChI=1S/C16H22N2/c1-13-7-6-10-15(11-17)16(13)18(2)12-14-8-4-3-5-9-14/h6-7,10,14H,3-5,8-9,12H2,1-2H3. The summed E-state index contributed by atoms with van der Waals surface area (Å²) in [7, 11) is 2.12. The van der Waals surface area contributed by atoms with E-state index in [0.717, 1.165) is 23.7 Å². The summed E-state index contributed by atoms with van der Waals surface area (Å²) in [6, 6.07) is 8.28. The molecule has 1 aliphatic carbocycles. The Hall–Kier alpha value is -1.49. The van der Waals surface area contributed by atoms with Gasteiger partial charge in [0, 0.05) is 13.6 Å². The zero-order chi connectivity index (χ0) is 13.0. The van der Waals surface area contributed by atoms with Crippen molar-refractivity contribution in [3.05, 3.63) is 29.3 Å². The van der Waals surface area contributed by atoms with E-state index in [1.165, 1.54) is 37.7 Å². The van der Waals surface area contributed by atoms with E-state index in [1.807, 2.05) is 12.1 Å². The highest BCUT2D eigenvalue weighted by Gasteiger charge is 2.17. The van der Waals surface area contributed by atoms with E-state index in [4.69, 9.17) is 0 Å². The highest BCUT2D eigenvalue weighted by molar-refractivity contribution is 5.63. The smallest absolute Gasteiger partial charge is 0.101 e. The summed E-state index contributed by atoms with van der Waals surface area (Å²) in [6.07, 6.45) is 6.83. The number of nitrogens with zero attached hydrogens (tertiary/aromatic N) is 2. The number of para-hydroxylation sites is 1. The lowest BCUT2D eigenvalue weighted by molar-refractivity contribution is 0.362. The summed E-state index contributed by atoms with van der Waals surface area (Å²) in [5.74, 6) is 0.801. The lowest BCUT2D eigenvalue weighted by Gasteiger charge is -2.29. The fourth-order valence-electron chi connectivity index (χ4n) is 3.10. The number of aryl methyl sites for hydroxylation is 1. The highest BCUT2D eigenvalue weighted by Crippen LogP contribution is 2.28. The first-order chi connectivity index (χ1) is 8.72. The Morgan fingerprint density at radius 2 is 2.00 bits per heavy atom. The third-order valence-electron chi connectivity index (χ3n) is 4.00. The number of hydrogen-bond donors (Lipinski definition) is 0. The minimum atomic E-state index is 0.799. The van der Waals surface area contributed by atoms with Gasteiger partial charge in [0.15, 0.2) is 0 Å². The van der Waals surface area contributed by atoms with E-state index in [2.05, 4.69) is 31.0 Å². The van der Waals surface area contributed by atoms with Crippen molar-refractivity contribution in [2.75, 3.05) is 18.5 Å². The summed E-state index contributed by atoms with van der Waals surface area (Å²) >= 11 is 0. The van der Waals surface area contributed by atoms with Gasteiger partial charge in [-0.2, -0.15) is 5.26 Å². The van der Waals surface area contributed by atoms with Gasteiger partial charge >= 0.3 is 0 Å². The van der Waals surface area contributed by atoms with Crippen LogP contribution in [0.4, 0.5) is 5.69 Å². The molecule has 0 heterocycles. The first-order valence-corrected chi connectivity index (χ1v) is 6.93. The molecule has 0 atom stereocenters. The Labute approximate surface area is 110 Å². The summed E-state index contributed by atoms with van der Waals surface area (Å²) < 4.78 is 0. The number of anilines is 1. The normalized spacial score (nSPS) is 16.3. The largest absolute Gasteiger partial charge is 0.373 e. The molecule has 2 heteroatoms. The molecule has 1 aromatic rings. The molecule has 96 valence electrons. The predicted molar refractivity (Wildman–Crippen MR) is 75.7 cm³/mol. The maximum Gasteiger partial charge on any atom is 0.101 e. The van der Waals surface area contributed by atoms with E-state index in [1.54, 1.807) is 0 Å². The molecule has 0 aromatic heterocycles. The number of rotatable bonds is 3. The molecule has 18 heavy (non-hydrogen) atoms. The zero-order valence-electron chi connectivity index (χ0n) is 11.4. The van der Waals surface area contributed by atoms with Crippen LogP contribution in [0.1, 0.15) is 43.2 Å². The van der Waals surface area contributed by atoms with Crippen LogP contribution in [0, 0.1) is 24.2 Å². The third kappa shape index (κ3) is 2.85. The lowest BCUT2D eigenvalue weighted by atomic mass is 9.89. The van der Waals surface area contributed by atoms with Gasteiger partial charge in [-0.25, -0.2) is 0 Å². The minimum absolute atomic E-state index is 0.799. The van der Waals surface area contributed by atoms with Crippen molar-refractivity contribution in [3.63, 3.8) is 0 Å². The summed E-state index contributed by atoms with van der Waals surface area (Å²) in [5, 5.41) is 9.22. The maximum atomic E-state index is 9.22. The van der Waals surface area contributed by atoms with Crippen molar-refractivity contribution < 1.29 is 0 Å². The van der Waals surface area contributed by atoms with Gasteiger partial charge in [0.25, 0.3) is 0 Å². The van der Waals surface area contributed by atoms with Crippen molar-refractivity contribution in [2.45, 2.75) is 39.0 Å². The highest BCUT2D eigenvalue weighted by atomic mass is 15.1. The van der Waals surface area contributed by atoms with Crippen LogP contribution in [-0.4, -0.2) is 13.6 Å². The van der Waals surface area contributed by atoms with Crippen molar-refractivity contribution in [2.24, 2.45) is 5.92 Å². The minimum Gasteiger partial charge on any atom is -0.373 e. The number of nitriles is 1. The third-order valence-corrected chi connectivity index (χ3v) is 4.00. The molecule has 1 saturated carbocycles. The van der Waals surface area contributed by atoms with Crippen LogP contribution in [0.25, 0.3) is 0 Å². The molecule has 0 N–H and O–H groups in total. The number of hydrogen-bond acceptors (Lipinski definition) is 2. The molecule has 0 saturated heterocycles. The second kappa shape index (κ2) is 5.91. The van der Waals surface area contributed by atoms with Gasteiger partial charge in [0.1, 0.15) is 6.07 Å². The van der Waals surface area contributed by atoms with Crippen LogP contribution >= 0.6 is 0 Å². The van der Waals surface area contributed by atoms with Gasteiger partial charge in [-0.15, -0.1) is 0 Å². The zero-order valence-corrected chi connectivity index (χ0v) is 11.4. The van der Waals surface area contributed by atoms with Crippen LogP contribution in [0.15, 0.2) is 18.2 Å². The van der Waals surface area contributed by atoms with Crippen molar-refractivity contribution in [1.29, 1.82) is 5.26 Å². The fourth-order valence-corrected chi connectivity index (χ4v) is 3.10. The Morgan fingerprint density at radius 1 is 1.28 bits per heavy atom. The lowest BCUT2D eigenvalue weighted by Crippen LogP contribution is -2.28. The van der Waals surface area contributed by atoms with Gasteiger partial charge in [-0.3, -0.25) is 0 Å². The average molecular weight is 242 g/mol. The summed E-state index contributed by atoms with van der Waals surface area (Å²) in [4.78, 5) is 2.28. The van der Waals surface area contributed by atoms with Crippen molar-refractivity contribution in [3.8, 4) is 6.07 Å². The van der Waals surface area contributed by atoms with Crippen molar-refractivity contribution in [1.82, 2.24) is 0 Å². The molecule has 0 bridgehead atoms. The van der Waals surface area contributed by atoms with Gasteiger partial charge in [0.2, 0.25) is 0 Å². The van der Waals surface area contributed by atoms with Crippen LogP contribution < -0.4 is 4.90 Å². The van der Waals surface area contributed by atoms with Gasteiger partial charge < -0.3 is 4.90 Å². The van der Waals surface area contributed by atoms with Crippen molar-refractivity contribution >= 4 is 5.69 Å². The topological polar surface area (TPSA) is 27.0 Å². The molecule has 1 aromatic carbocycles. The summed E-state index contributed by atoms with van der Waals surface area (Å²) in [5.41, 5.74) is 3.12. The molecule has 0 aliphatic heterocycles. The molecule has 2 nitrogen and oxygen atoms in total. The van der Waals surface area contributed by atoms with Gasteiger partial charge in [-0.05, 0) is 37.3 Å². The van der Waals surface area contributed by atoms with E-state index in [0.29, 0.717) is 0 Å². The Balaban J connectivity index is 2.13. The quantitative estimate of drug-likeness (QED) is 0.804. The molecular weight excluding hydrogens is 220 g/mol. The monoisotopic (exact) mass is 242 g/mol. The van der Waals surface area contributed by atoms with Gasteiger partial charge in [-0.1, -0.05) is 31.4 Å². The predicted octanol–water partition coefficient (Wildman–Crippen LogP) is 3.88. The maximum absolute atomic E-state index is 9.22.